The number of ether oxygens (including phenoxy) is 1. The first-order chi connectivity index (χ1) is 24.1. The van der Waals surface area contributed by atoms with E-state index in [-0.39, 0.29) is 30.0 Å². The van der Waals surface area contributed by atoms with Gasteiger partial charge in [0.05, 0.1) is 36.0 Å². The van der Waals surface area contributed by atoms with Crippen molar-refractivity contribution in [2.45, 2.75) is 62.3 Å². The van der Waals surface area contributed by atoms with Gasteiger partial charge in [0.2, 0.25) is 11.8 Å². The molecule has 9 nitrogen and oxygen atoms in total. The summed E-state index contributed by atoms with van der Waals surface area (Å²) in [6, 6.07) is 16.9. The Hall–Kier alpha value is -4.70. The monoisotopic (exact) mass is 697 g/mol. The van der Waals surface area contributed by atoms with Crippen LogP contribution in [0.15, 0.2) is 78.4 Å². The molecule has 3 aliphatic carbocycles. The molecule has 11 heteroatoms. The van der Waals surface area contributed by atoms with Gasteiger partial charge in [0.15, 0.2) is 0 Å². The van der Waals surface area contributed by atoms with Crippen LogP contribution in [-0.2, 0) is 24.6 Å². The van der Waals surface area contributed by atoms with Crippen LogP contribution in [0.5, 0.6) is 11.5 Å². The van der Waals surface area contributed by atoms with Crippen LogP contribution in [-0.4, -0.2) is 51.8 Å². The van der Waals surface area contributed by atoms with Crippen LogP contribution in [0.3, 0.4) is 0 Å². The van der Waals surface area contributed by atoms with Crippen LogP contribution < -0.4 is 10.2 Å². The molecular formula is C39H37ClFN3O6. The van der Waals surface area contributed by atoms with Crippen LogP contribution in [0, 0.1) is 29.5 Å². The second-order valence-corrected chi connectivity index (χ2v) is 14.6. The molecule has 2 saturated carbocycles. The number of likely N-dealkylation sites (tertiary alicyclic amines) is 1. The van der Waals surface area contributed by atoms with Gasteiger partial charge in [-0.2, -0.15) is 5.01 Å². The average Bonchev–Trinajstić information content (AvgIpc) is 3.50. The smallest absolute Gasteiger partial charge is 0.260 e. The van der Waals surface area contributed by atoms with Crippen molar-refractivity contribution in [1.29, 1.82) is 0 Å². The van der Waals surface area contributed by atoms with Gasteiger partial charge in [-0.15, -0.1) is 0 Å². The summed E-state index contributed by atoms with van der Waals surface area (Å²) in [6.07, 6.45) is 6.97. The molecule has 2 N–H and O–H groups in total. The Balaban J connectivity index is 1.32. The second kappa shape index (κ2) is 12.3. The van der Waals surface area contributed by atoms with Gasteiger partial charge in [0.25, 0.3) is 11.8 Å². The number of carbonyl (C=O) groups is 4. The van der Waals surface area contributed by atoms with E-state index in [2.05, 4.69) is 5.43 Å². The lowest BCUT2D eigenvalue weighted by atomic mass is 9.49. The molecule has 0 bridgehead atoms. The summed E-state index contributed by atoms with van der Waals surface area (Å²) in [5, 5.41) is 13.1. The maximum absolute atomic E-state index is 15.2. The number of benzene rings is 3. The number of allylic oxidation sites excluding steroid dienone is 2. The van der Waals surface area contributed by atoms with Crippen LogP contribution >= 0.6 is 11.6 Å². The molecule has 0 radical (unpaired) electrons. The highest BCUT2D eigenvalue weighted by Crippen LogP contribution is 2.65. The molecular weight excluding hydrogens is 661 g/mol. The number of halogens is 2. The van der Waals surface area contributed by atoms with Gasteiger partial charge in [-0.3, -0.25) is 29.5 Å². The number of fused-ring (bicyclic) bond motifs is 4. The molecule has 2 saturated heterocycles. The summed E-state index contributed by atoms with van der Waals surface area (Å²) < 4.78 is 19.2. The molecule has 3 aromatic carbocycles. The Bertz CT molecular complexity index is 1930. The zero-order valence-electron chi connectivity index (χ0n) is 27.5. The first-order valence-corrected chi connectivity index (χ1v) is 17.6. The van der Waals surface area contributed by atoms with E-state index in [9.17, 15) is 23.9 Å². The van der Waals surface area contributed by atoms with Crippen molar-refractivity contribution in [2.24, 2.45) is 23.7 Å². The number of anilines is 1. The number of phenols is 1. The fourth-order valence-corrected chi connectivity index (χ4v) is 9.74. The van der Waals surface area contributed by atoms with E-state index in [1.807, 2.05) is 6.08 Å². The minimum atomic E-state index is -1.58. The summed E-state index contributed by atoms with van der Waals surface area (Å²) >= 11 is 6.35. The molecule has 2 aliphatic heterocycles. The van der Waals surface area contributed by atoms with Crippen molar-refractivity contribution in [1.82, 2.24) is 9.91 Å². The molecule has 258 valence electrons. The molecule has 4 fully saturated rings. The number of imide groups is 2. The minimum absolute atomic E-state index is 0.132. The third-order valence-electron chi connectivity index (χ3n) is 11.8. The number of phenolic OH excluding ortho intramolecular Hbond substituents is 1. The predicted octanol–water partition coefficient (Wildman–Crippen LogP) is 6.51. The summed E-state index contributed by atoms with van der Waals surface area (Å²) in [4.78, 5) is 59.9. The van der Waals surface area contributed by atoms with Gasteiger partial charge >= 0.3 is 0 Å². The van der Waals surface area contributed by atoms with E-state index >= 15 is 4.79 Å². The Labute approximate surface area is 294 Å². The van der Waals surface area contributed by atoms with Crippen LogP contribution in [0.4, 0.5) is 10.1 Å². The Morgan fingerprint density at radius 2 is 1.62 bits per heavy atom. The molecule has 0 unspecified atom stereocenters. The number of rotatable bonds is 6. The fourth-order valence-electron chi connectivity index (χ4n) is 9.62. The van der Waals surface area contributed by atoms with Gasteiger partial charge in [-0.1, -0.05) is 60.7 Å². The number of aromatic hydroxyl groups is 1. The summed E-state index contributed by atoms with van der Waals surface area (Å²) in [5.74, 6) is -5.35. The Morgan fingerprint density at radius 1 is 0.900 bits per heavy atom. The SMILES string of the molecule is COc1ccc([C@H]2C3=CC[C@@H]4C(=O)N(C5CCCCC5)C(=O)[C@@H]4[C@@H]3C[C@H]3C(=O)N(Nc4ccc(F)cc4)C(=O)[C@@]23c2ccc(Cl)cc2)c(O)c1. The van der Waals surface area contributed by atoms with Gasteiger partial charge in [-0.05, 0) is 79.6 Å². The predicted molar refractivity (Wildman–Crippen MR) is 182 cm³/mol. The van der Waals surface area contributed by atoms with E-state index in [1.54, 1.807) is 36.4 Å². The number of hydrogen-bond acceptors (Lipinski definition) is 7. The summed E-state index contributed by atoms with van der Waals surface area (Å²) in [7, 11) is 1.49. The molecule has 3 aromatic rings. The Morgan fingerprint density at radius 3 is 2.30 bits per heavy atom. The van der Waals surface area contributed by atoms with Crippen molar-refractivity contribution < 1.29 is 33.4 Å². The number of hydrogen-bond donors (Lipinski definition) is 2. The first kappa shape index (κ1) is 32.5. The topological polar surface area (TPSA) is 116 Å². The molecule has 4 amide bonds. The summed E-state index contributed by atoms with van der Waals surface area (Å²) in [6.45, 7) is 0. The van der Waals surface area contributed by atoms with Gasteiger partial charge in [0, 0.05) is 28.6 Å². The van der Waals surface area contributed by atoms with Crippen molar-refractivity contribution >= 4 is 40.9 Å². The number of nitrogens with one attached hydrogen (secondary N) is 1. The number of amides is 4. The molecule has 0 aromatic heterocycles. The van der Waals surface area contributed by atoms with E-state index in [0.29, 0.717) is 34.0 Å². The fraction of sp³-hybridized carbons (Fsp3) is 0.385. The zero-order valence-corrected chi connectivity index (χ0v) is 28.2. The second-order valence-electron chi connectivity index (χ2n) is 14.1. The largest absolute Gasteiger partial charge is 0.508 e. The molecule has 50 heavy (non-hydrogen) atoms. The number of nitrogens with zero attached hydrogens (tertiary/aromatic N) is 2. The van der Waals surface area contributed by atoms with Crippen molar-refractivity contribution in [3.05, 3.63) is 100 Å². The van der Waals surface area contributed by atoms with Gasteiger partial charge in [-0.25, -0.2) is 4.39 Å². The highest BCUT2D eigenvalue weighted by molar-refractivity contribution is 6.30. The van der Waals surface area contributed by atoms with E-state index in [4.69, 9.17) is 16.3 Å². The molecule has 0 spiro atoms. The lowest BCUT2D eigenvalue weighted by Crippen LogP contribution is -2.53. The quantitative estimate of drug-likeness (QED) is 0.223. The van der Waals surface area contributed by atoms with Crippen molar-refractivity contribution in [3.63, 3.8) is 0 Å². The zero-order chi connectivity index (χ0) is 34.9. The molecule has 8 rings (SSSR count). The molecule has 5 aliphatic rings. The van der Waals surface area contributed by atoms with E-state index in [1.165, 1.54) is 42.3 Å². The minimum Gasteiger partial charge on any atom is -0.508 e. The number of hydrazine groups is 1. The standard InChI is InChI=1S/C39H37ClFN3O6/c1-50-26-15-16-28(32(45)19-26)34-27-17-18-29-33(37(48)43(35(29)46)25-5-3-2-4-6-25)30(27)20-31-36(47)44(42-24-13-11-23(41)12-14-24)38(49)39(31,34)21-7-9-22(40)10-8-21/h7-17,19,25,29-31,33-34,42,45H,2-6,18,20H2,1H3/t29-,30+,31-,33-,34+,39+/m0/s1. The number of carbonyl (C=O) groups excluding carboxylic acids is 4. The highest BCUT2D eigenvalue weighted by Gasteiger charge is 2.70. The van der Waals surface area contributed by atoms with Crippen LogP contribution in [0.25, 0.3) is 0 Å². The van der Waals surface area contributed by atoms with E-state index in [0.717, 1.165) is 42.7 Å². The van der Waals surface area contributed by atoms with Gasteiger partial charge < -0.3 is 9.84 Å². The first-order valence-electron chi connectivity index (χ1n) is 17.3. The lowest BCUT2D eigenvalue weighted by Gasteiger charge is -2.50. The summed E-state index contributed by atoms with van der Waals surface area (Å²) in [5.41, 5.74) is 3.35. The number of methoxy groups -OCH3 is 1. The Kier molecular flexibility index (Phi) is 7.97. The highest BCUT2D eigenvalue weighted by atomic mass is 35.5. The van der Waals surface area contributed by atoms with E-state index < -0.39 is 52.6 Å². The van der Waals surface area contributed by atoms with Gasteiger partial charge in [0.1, 0.15) is 17.3 Å². The molecule has 6 atom stereocenters. The van der Waals surface area contributed by atoms with Crippen LogP contribution in [0.2, 0.25) is 5.02 Å². The van der Waals surface area contributed by atoms with Crippen molar-refractivity contribution in [2.75, 3.05) is 12.5 Å². The maximum Gasteiger partial charge on any atom is 0.260 e. The normalized spacial score (nSPS) is 29.4. The maximum atomic E-state index is 15.2. The molecule has 2 heterocycles. The van der Waals surface area contributed by atoms with Crippen LogP contribution in [0.1, 0.15) is 62.0 Å². The third-order valence-corrected chi connectivity index (χ3v) is 12.0. The van der Waals surface area contributed by atoms with Crippen molar-refractivity contribution in [3.8, 4) is 11.5 Å². The third kappa shape index (κ3) is 4.78. The lowest BCUT2D eigenvalue weighted by molar-refractivity contribution is -0.144. The average molecular weight is 698 g/mol.